The normalized spacial score (nSPS) is 16.9. The van der Waals surface area contributed by atoms with Crippen molar-refractivity contribution in [2.45, 2.75) is 39.5 Å². The van der Waals surface area contributed by atoms with Crippen molar-refractivity contribution in [3.05, 3.63) is 0 Å². The van der Waals surface area contributed by atoms with Crippen LogP contribution in [0.3, 0.4) is 0 Å². The predicted molar refractivity (Wildman–Crippen MR) is 63.4 cm³/mol. The fourth-order valence-electron chi connectivity index (χ4n) is 2.23. The average molecular weight is 212 g/mol. The van der Waals surface area contributed by atoms with Crippen molar-refractivity contribution >= 4 is 5.84 Å². The summed E-state index contributed by atoms with van der Waals surface area (Å²) in [6, 6.07) is 0. The van der Waals surface area contributed by atoms with E-state index in [4.69, 9.17) is 10.1 Å². The molecule has 0 aromatic carbocycles. The van der Waals surface area contributed by atoms with Gasteiger partial charge in [0, 0.05) is 25.6 Å². The Hall–Kier alpha value is -0.570. The maximum atomic E-state index is 8.15. The van der Waals surface area contributed by atoms with Crippen LogP contribution in [0.4, 0.5) is 0 Å². The van der Waals surface area contributed by atoms with Gasteiger partial charge in [0.25, 0.3) is 0 Å². The number of hydrogen-bond acceptors (Lipinski definition) is 2. The highest BCUT2D eigenvalue weighted by molar-refractivity contribution is 5.81. The van der Waals surface area contributed by atoms with Gasteiger partial charge in [-0.2, -0.15) is 0 Å². The van der Waals surface area contributed by atoms with Gasteiger partial charge in [0.1, 0.15) is 0 Å². The number of nitrogens with zero attached hydrogens (tertiary/aromatic N) is 1. The second kappa shape index (κ2) is 6.83. The molecule has 1 aliphatic carbocycles. The molecule has 3 nitrogen and oxygen atoms in total. The first-order valence-corrected chi connectivity index (χ1v) is 6.20. The molecule has 0 aromatic rings. The molecule has 0 atom stereocenters. The van der Waals surface area contributed by atoms with Gasteiger partial charge in [-0.15, -0.1) is 0 Å². The van der Waals surface area contributed by atoms with Gasteiger partial charge in [-0.3, -0.25) is 5.41 Å². The summed E-state index contributed by atoms with van der Waals surface area (Å²) >= 11 is 0. The minimum absolute atomic E-state index is 0.520. The second-order valence-electron chi connectivity index (χ2n) is 4.14. The van der Waals surface area contributed by atoms with Crippen LogP contribution in [-0.4, -0.2) is 37.0 Å². The molecule has 0 bridgehead atoms. The summed E-state index contributed by atoms with van der Waals surface area (Å²) < 4.78 is 5.34. The highest BCUT2D eigenvalue weighted by Gasteiger charge is 2.22. The van der Waals surface area contributed by atoms with Gasteiger partial charge in [-0.25, -0.2) is 0 Å². The molecule has 15 heavy (non-hydrogen) atoms. The van der Waals surface area contributed by atoms with E-state index in [0.29, 0.717) is 5.92 Å². The first kappa shape index (κ1) is 12.5. The Morgan fingerprint density at radius 2 is 2.00 bits per heavy atom. The summed E-state index contributed by atoms with van der Waals surface area (Å²) in [4.78, 5) is 2.16. The quantitative estimate of drug-likeness (QED) is 0.417. The Labute approximate surface area is 93.3 Å². The monoisotopic (exact) mass is 212 g/mol. The van der Waals surface area contributed by atoms with Crippen molar-refractivity contribution in [1.82, 2.24) is 4.90 Å². The Morgan fingerprint density at radius 3 is 2.53 bits per heavy atom. The van der Waals surface area contributed by atoms with Gasteiger partial charge < -0.3 is 9.64 Å². The summed E-state index contributed by atoms with van der Waals surface area (Å²) in [5.41, 5.74) is 0. The Kier molecular flexibility index (Phi) is 5.69. The Balaban J connectivity index is 2.32. The third-order valence-electron chi connectivity index (χ3n) is 3.17. The molecule has 0 saturated heterocycles. The molecule has 1 N–H and O–H groups in total. The molecule has 3 heteroatoms. The predicted octanol–water partition coefficient (Wildman–Crippen LogP) is 2.51. The summed E-state index contributed by atoms with van der Waals surface area (Å²) in [6.07, 6.45) is 5.03. The molecule has 0 spiro atoms. The smallest absolute Gasteiger partial charge is 0.0990 e. The lowest BCUT2D eigenvalue weighted by atomic mass is 10.1. The van der Waals surface area contributed by atoms with E-state index < -0.39 is 0 Å². The molecule has 88 valence electrons. The minimum atomic E-state index is 0.520. The van der Waals surface area contributed by atoms with Gasteiger partial charge in [0.05, 0.1) is 12.4 Å². The molecular formula is C12H24N2O. The molecule has 0 unspecified atom stereocenters. The van der Waals surface area contributed by atoms with Crippen LogP contribution in [0.15, 0.2) is 0 Å². The van der Waals surface area contributed by atoms with E-state index in [2.05, 4.69) is 11.8 Å². The molecule has 0 heterocycles. The third-order valence-corrected chi connectivity index (χ3v) is 3.17. The van der Waals surface area contributed by atoms with Crippen molar-refractivity contribution in [2.24, 2.45) is 5.92 Å². The summed E-state index contributed by atoms with van der Waals surface area (Å²) in [6.45, 7) is 7.46. The third kappa shape index (κ3) is 3.82. The SMILES string of the molecule is CCOCCN(CC)C(=N)C1CCCC1. The van der Waals surface area contributed by atoms with Crippen molar-refractivity contribution in [1.29, 1.82) is 5.41 Å². The van der Waals surface area contributed by atoms with Crippen LogP contribution in [0.25, 0.3) is 0 Å². The Morgan fingerprint density at radius 1 is 1.33 bits per heavy atom. The van der Waals surface area contributed by atoms with Crippen molar-refractivity contribution in [2.75, 3.05) is 26.3 Å². The second-order valence-corrected chi connectivity index (χ2v) is 4.14. The first-order chi connectivity index (χ1) is 7.29. The molecular weight excluding hydrogens is 188 g/mol. The van der Waals surface area contributed by atoms with E-state index in [9.17, 15) is 0 Å². The van der Waals surface area contributed by atoms with Crippen LogP contribution in [0.1, 0.15) is 39.5 Å². The van der Waals surface area contributed by atoms with E-state index in [1.807, 2.05) is 6.92 Å². The molecule has 0 amide bonds. The maximum absolute atomic E-state index is 8.15. The van der Waals surface area contributed by atoms with Crippen LogP contribution in [0.5, 0.6) is 0 Å². The van der Waals surface area contributed by atoms with Crippen LogP contribution in [0.2, 0.25) is 0 Å². The van der Waals surface area contributed by atoms with Crippen LogP contribution in [0, 0.1) is 11.3 Å². The maximum Gasteiger partial charge on any atom is 0.0990 e. The number of amidine groups is 1. The number of hydrogen-bond donors (Lipinski definition) is 1. The molecule has 0 radical (unpaired) electrons. The summed E-state index contributed by atoms with van der Waals surface area (Å²) in [5, 5.41) is 8.15. The highest BCUT2D eigenvalue weighted by atomic mass is 16.5. The summed E-state index contributed by atoms with van der Waals surface area (Å²) in [5.74, 6) is 1.36. The molecule has 0 aromatic heterocycles. The fourth-order valence-corrected chi connectivity index (χ4v) is 2.23. The van der Waals surface area contributed by atoms with Crippen LogP contribution >= 0.6 is 0 Å². The lowest BCUT2D eigenvalue weighted by Crippen LogP contribution is -2.37. The zero-order chi connectivity index (χ0) is 11.1. The lowest BCUT2D eigenvalue weighted by Gasteiger charge is -2.27. The van der Waals surface area contributed by atoms with E-state index >= 15 is 0 Å². The summed E-state index contributed by atoms with van der Waals surface area (Å²) in [7, 11) is 0. The highest BCUT2D eigenvalue weighted by Crippen LogP contribution is 2.26. The van der Waals surface area contributed by atoms with Crippen LogP contribution in [-0.2, 0) is 4.74 Å². The van der Waals surface area contributed by atoms with E-state index in [0.717, 1.165) is 32.1 Å². The molecule has 1 fully saturated rings. The number of ether oxygens (including phenoxy) is 1. The number of nitrogens with one attached hydrogen (secondary N) is 1. The van der Waals surface area contributed by atoms with E-state index in [1.165, 1.54) is 25.7 Å². The lowest BCUT2D eigenvalue weighted by molar-refractivity contribution is 0.132. The molecule has 1 saturated carbocycles. The van der Waals surface area contributed by atoms with Crippen molar-refractivity contribution in [3.8, 4) is 0 Å². The van der Waals surface area contributed by atoms with Gasteiger partial charge in [-0.05, 0) is 26.7 Å². The van der Waals surface area contributed by atoms with Gasteiger partial charge in [0.15, 0.2) is 0 Å². The topological polar surface area (TPSA) is 36.3 Å². The first-order valence-electron chi connectivity index (χ1n) is 6.20. The van der Waals surface area contributed by atoms with Gasteiger partial charge >= 0.3 is 0 Å². The Bertz CT molecular complexity index is 188. The van der Waals surface area contributed by atoms with Gasteiger partial charge in [-0.1, -0.05) is 12.8 Å². The zero-order valence-corrected chi connectivity index (χ0v) is 10.1. The van der Waals surface area contributed by atoms with E-state index in [1.54, 1.807) is 0 Å². The van der Waals surface area contributed by atoms with Crippen molar-refractivity contribution < 1.29 is 4.74 Å². The standard InChI is InChI=1S/C12H24N2O/c1-3-14(9-10-15-4-2)12(13)11-7-5-6-8-11/h11,13H,3-10H2,1-2H3. The average Bonchev–Trinajstić information content (AvgIpc) is 2.77. The minimum Gasteiger partial charge on any atom is -0.380 e. The van der Waals surface area contributed by atoms with E-state index in [-0.39, 0.29) is 0 Å². The molecule has 0 aliphatic heterocycles. The van der Waals surface area contributed by atoms with Gasteiger partial charge in [0.2, 0.25) is 0 Å². The zero-order valence-electron chi connectivity index (χ0n) is 10.1. The van der Waals surface area contributed by atoms with Crippen LogP contribution < -0.4 is 0 Å². The largest absolute Gasteiger partial charge is 0.380 e. The number of likely N-dealkylation sites (N-methyl/N-ethyl adjacent to an activating group) is 1. The molecule has 1 rings (SSSR count). The fraction of sp³-hybridized carbons (Fsp3) is 0.917. The molecule has 1 aliphatic rings. The number of rotatable bonds is 6. The van der Waals surface area contributed by atoms with Crippen molar-refractivity contribution in [3.63, 3.8) is 0 Å².